The number of hydrogen-bond acceptors (Lipinski definition) is 3. The third-order valence-electron chi connectivity index (χ3n) is 3.84. The Morgan fingerprint density at radius 1 is 1.12 bits per heavy atom. The van der Waals surface area contributed by atoms with Gasteiger partial charge in [0.15, 0.2) is 5.78 Å². The van der Waals surface area contributed by atoms with Crippen molar-refractivity contribution in [3.05, 3.63) is 71.4 Å². The van der Waals surface area contributed by atoms with Gasteiger partial charge in [-0.2, -0.15) is 5.26 Å². The van der Waals surface area contributed by atoms with E-state index >= 15 is 0 Å². The highest BCUT2D eigenvalue weighted by Gasteiger charge is 2.14. The van der Waals surface area contributed by atoms with Crippen LogP contribution >= 0.6 is 0 Å². The van der Waals surface area contributed by atoms with Crippen molar-refractivity contribution in [1.29, 1.82) is 5.26 Å². The Balaban J connectivity index is 1.93. The number of nitriles is 1. The molecule has 0 atom stereocenters. The number of nitrogens with zero attached hydrogens (tertiary/aromatic N) is 1. The number of hydrogen-bond donors (Lipinski definition) is 2. The molecule has 25 heavy (non-hydrogen) atoms. The second kappa shape index (κ2) is 6.85. The van der Waals surface area contributed by atoms with Crippen molar-refractivity contribution in [1.82, 2.24) is 4.98 Å². The number of aromatic amines is 1. The molecule has 1 heterocycles. The number of aromatic nitrogens is 1. The molecule has 0 bridgehead atoms. The normalized spacial score (nSPS) is 11.1. The van der Waals surface area contributed by atoms with E-state index in [0.717, 1.165) is 16.5 Å². The molecular weight excluding hydrogens is 314 g/mol. The summed E-state index contributed by atoms with van der Waals surface area (Å²) in [4.78, 5) is 27.2. The van der Waals surface area contributed by atoms with Crippen LogP contribution in [0.25, 0.3) is 17.0 Å². The first-order chi connectivity index (χ1) is 12.1. The lowest BCUT2D eigenvalue weighted by Crippen LogP contribution is -2.15. The van der Waals surface area contributed by atoms with Crippen LogP contribution in [0.4, 0.5) is 5.69 Å². The van der Waals surface area contributed by atoms with Crippen LogP contribution in [0.15, 0.2) is 60.3 Å². The van der Waals surface area contributed by atoms with Crippen LogP contribution in [0, 0.1) is 11.3 Å². The van der Waals surface area contributed by atoms with Gasteiger partial charge in [0.2, 0.25) is 0 Å². The summed E-state index contributed by atoms with van der Waals surface area (Å²) in [6, 6.07) is 16.3. The molecule has 0 fully saturated rings. The highest BCUT2D eigenvalue weighted by Crippen LogP contribution is 2.21. The van der Waals surface area contributed by atoms with Gasteiger partial charge in [0.05, 0.1) is 5.69 Å². The molecule has 0 unspecified atom stereocenters. The summed E-state index contributed by atoms with van der Waals surface area (Å²) in [5.74, 6) is -0.712. The predicted octanol–water partition coefficient (Wildman–Crippen LogP) is 3.92. The quantitative estimate of drug-likeness (QED) is 0.432. The Morgan fingerprint density at radius 3 is 2.60 bits per heavy atom. The first-order valence-corrected chi connectivity index (χ1v) is 7.69. The van der Waals surface area contributed by atoms with Gasteiger partial charge < -0.3 is 10.3 Å². The lowest BCUT2D eigenvalue weighted by molar-refractivity contribution is -0.112. The summed E-state index contributed by atoms with van der Waals surface area (Å²) in [7, 11) is 0. The van der Waals surface area contributed by atoms with Crippen LogP contribution < -0.4 is 5.32 Å². The summed E-state index contributed by atoms with van der Waals surface area (Å²) in [5.41, 5.74) is 2.43. The lowest BCUT2D eigenvalue weighted by atomic mass is 10.1. The van der Waals surface area contributed by atoms with E-state index in [0.29, 0.717) is 11.3 Å². The van der Waals surface area contributed by atoms with Gasteiger partial charge in [0.1, 0.15) is 11.6 Å². The minimum Gasteiger partial charge on any atom is -0.361 e. The molecule has 1 amide bonds. The molecule has 5 nitrogen and oxygen atoms in total. The second-order valence-corrected chi connectivity index (χ2v) is 5.52. The molecular formula is C20H15N3O2. The number of carbonyl (C=O) groups excluding carboxylic acids is 2. The van der Waals surface area contributed by atoms with Crippen LogP contribution in [0.3, 0.4) is 0 Å². The maximum atomic E-state index is 12.5. The molecule has 0 spiro atoms. The first-order valence-electron chi connectivity index (χ1n) is 7.69. The summed E-state index contributed by atoms with van der Waals surface area (Å²) in [6.07, 6.45) is 3.28. The number of rotatable bonds is 4. The van der Waals surface area contributed by atoms with Crippen molar-refractivity contribution in [3.8, 4) is 6.07 Å². The Morgan fingerprint density at radius 2 is 1.84 bits per heavy atom. The number of nitrogens with one attached hydrogen (secondary N) is 2. The van der Waals surface area contributed by atoms with Crippen molar-refractivity contribution in [3.63, 3.8) is 0 Å². The number of H-pyrrole nitrogens is 1. The molecule has 0 radical (unpaired) electrons. The van der Waals surface area contributed by atoms with Gasteiger partial charge in [-0.1, -0.05) is 30.3 Å². The summed E-state index contributed by atoms with van der Waals surface area (Å²) >= 11 is 0. The number of Topliss-reactive ketones (excluding diaryl/α,β-unsaturated/α-hetero) is 1. The fraction of sp³-hybridized carbons (Fsp3) is 0.0500. The van der Waals surface area contributed by atoms with E-state index in [1.165, 1.54) is 13.0 Å². The van der Waals surface area contributed by atoms with Crippen LogP contribution in [0.2, 0.25) is 0 Å². The van der Waals surface area contributed by atoms with Gasteiger partial charge in [-0.3, -0.25) is 9.59 Å². The van der Waals surface area contributed by atoms with Crippen LogP contribution in [-0.4, -0.2) is 16.7 Å². The van der Waals surface area contributed by atoms with Gasteiger partial charge in [-0.25, -0.2) is 0 Å². The van der Waals surface area contributed by atoms with E-state index in [1.54, 1.807) is 30.5 Å². The maximum Gasteiger partial charge on any atom is 0.266 e. The lowest BCUT2D eigenvalue weighted by Gasteiger charge is -2.08. The third-order valence-corrected chi connectivity index (χ3v) is 3.84. The van der Waals surface area contributed by atoms with Crippen molar-refractivity contribution >= 4 is 34.4 Å². The molecule has 1 aromatic heterocycles. The van der Waals surface area contributed by atoms with Gasteiger partial charge in [0.25, 0.3) is 5.91 Å². The van der Waals surface area contributed by atoms with E-state index in [-0.39, 0.29) is 11.4 Å². The zero-order valence-corrected chi connectivity index (χ0v) is 13.5. The minimum atomic E-state index is -0.554. The fourth-order valence-electron chi connectivity index (χ4n) is 2.61. The van der Waals surface area contributed by atoms with Crippen molar-refractivity contribution in [2.45, 2.75) is 6.92 Å². The van der Waals surface area contributed by atoms with Crippen LogP contribution in [0.1, 0.15) is 22.8 Å². The molecule has 2 N–H and O–H groups in total. The molecule has 3 rings (SSSR count). The molecule has 0 aliphatic rings. The Hall–Kier alpha value is -3.65. The SMILES string of the molecule is CC(=O)c1ccccc1NC(=O)/C(C#N)=C\c1c[nH]c2ccccc12. The molecule has 3 aromatic rings. The van der Waals surface area contributed by atoms with Crippen molar-refractivity contribution < 1.29 is 9.59 Å². The number of para-hydroxylation sites is 2. The Labute approximate surface area is 144 Å². The highest BCUT2D eigenvalue weighted by molar-refractivity contribution is 6.13. The van der Waals surface area contributed by atoms with Gasteiger partial charge in [0, 0.05) is 28.2 Å². The van der Waals surface area contributed by atoms with E-state index in [2.05, 4.69) is 10.3 Å². The summed E-state index contributed by atoms with van der Waals surface area (Å²) in [5, 5.41) is 12.9. The number of amides is 1. The van der Waals surface area contributed by atoms with E-state index in [9.17, 15) is 14.9 Å². The molecule has 0 saturated carbocycles. The van der Waals surface area contributed by atoms with Crippen LogP contribution in [-0.2, 0) is 4.79 Å². The molecule has 0 aliphatic heterocycles. The van der Waals surface area contributed by atoms with Gasteiger partial charge >= 0.3 is 0 Å². The highest BCUT2D eigenvalue weighted by atomic mass is 16.2. The molecule has 2 aromatic carbocycles. The summed E-state index contributed by atoms with van der Waals surface area (Å²) in [6.45, 7) is 1.43. The predicted molar refractivity (Wildman–Crippen MR) is 97.0 cm³/mol. The smallest absolute Gasteiger partial charge is 0.266 e. The Kier molecular flexibility index (Phi) is 4.44. The van der Waals surface area contributed by atoms with E-state index in [4.69, 9.17) is 0 Å². The number of fused-ring (bicyclic) bond motifs is 1. The fourth-order valence-corrected chi connectivity index (χ4v) is 2.61. The monoisotopic (exact) mass is 329 g/mol. The van der Waals surface area contributed by atoms with E-state index < -0.39 is 5.91 Å². The molecule has 122 valence electrons. The van der Waals surface area contributed by atoms with Gasteiger partial charge in [-0.05, 0) is 31.2 Å². The number of anilines is 1. The zero-order chi connectivity index (χ0) is 17.8. The minimum absolute atomic E-state index is 0.0388. The van der Waals surface area contributed by atoms with Gasteiger partial charge in [-0.15, -0.1) is 0 Å². The number of benzene rings is 2. The van der Waals surface area contributed by atoms with E-state index in [1.807, 2.05) is 30.3 Å². The van der Waals surface area contributed by atoms with Crippen LogP contribution in [0.5, 0.6) is 0 Å². The zero-order valence-electron chi connectivity index (χ0n) is 13.5. The number of carbonyl (C=O) groups is 2. The largest absolute Gasteiger partial charge is 0.361 e. The standard InChI is InChI=1S/C20H15N3O2/c1-13(24)16-6-2-5-9-19(16)23-20(25)14(11-21)10-15-12-22-18-8-4-3-7-17(15)18/h2-10,12,22H,1H3,(H,23,25)/b14-10-. The topological polar surface area (TPSA) is 85.8 Å². The van der Waals surface area contributed by atoms with Crippen molar-refractivity contribution in [2.24, 2.45) is 0 Å². The molecule has 0 aliphatic carbocycles. The molecule has 0 saturated heterocycles. The number of ketones is 1. The third kappa shape index (κ3) is 3.33. The molecule has 5 heteroatoms. The first kappa shape index (κ1) is 16.2. The average Bonchev–Trinajstić information content (AvgIpc) is 3.03. The average molecular weight is 329 g/mol. The maximum absolute atomic E-state index is 12.5. The summed E-state index contributed by atoms with van der Waals surface area (Å²) < 4.78 is 0. The van der Waals surface area contributed by atoms with Crippen molar-refractivity contribution in [2.75, 3.05) is 5.32 Å². The Bertz CT molecular complexity index is 1040. The second-order valence-electron chi connectivity index (χ2n) is 5.52.